The first-order chi connectivity index (χ1) is 12.6. The van der Waals surface area contributed by atoms with Gasteiger partial charge in [-0.1, -0.05) is 20.3 Å². The number of aromatic nitrogens is 2. The molecule has 0 aliphatic heterocycles. The van der Waals surface area contributed by atoms with Gasteiger partial charge in [0.15, 0.2) is 5.78 Å². The number of aryl methyl sites for hydroxylation is 1. The third kappa shape index (κ3) is 4.00. The summed E-state index contributed by atoms with van der Waals surface area (Å²) in [7, 11) is 0. The molecule has 26 heavy (non-hydrogen) atoms. The van der Waals surface area contributed by atoms with Crippen LogP contribution in [0.4, 0.5) is 0 Å². The van der Waals surface area contributed by atoms with Crippen molar-refractivity contribution < 1.29 is 9.53 Å². The summed E-state index contributed by atoms with van der Waals surface area (Å²) in [5.74, 6) is 2.10. The normalized spacial score (nSPS) is 14.7. The van der Waals surface area contributed by atoms with E-state index in [1.165, 1.54) is 17.5 Å². The number of unbranched alkanes of at least 4 members (excludes halogenated alkanes) is 1. The number of benzene rings is 1. The molecule has 4 nitrogen and oxygen atoms in total. The van der Waals surface area contributed by atoms with E-state index in [9.17, 15) is 4.79 Å². The van der Waals surface area contributed by atoms with Crippen molar-refractivity contribution in [3.63, 3.8) is 0 Å². The molecule has 0 saturated carbocycles. The van der Waals surface area contributed by atoms with Crippen LogP contribution in [0.1, 0.15) is 66.8 Å². The summed E-state index contributed by atoms with van der Waals surface area (Å²) in [5.41, 5.74) is 3.39. The second kappa shape index (κ2) is 8.52. The monoisotopic (exact) mass is 354 g/mol. The second-order valence-corrected chi connectivity index (χ2v) is 7.37. The Hall–Kier alpha value is -2.10. The molecule has 1 aliphatic rings. The third-order valence-electron chi connectivity index (χ3n) is 5.35. The molecule has 3 rings (SSSR count). The van der Waals surface area contributed by atoms with Gasteiger partial charge >= 0.3 is 0 Å². The maximum Gasteiger partial charge on any atom is 0.167 e. The Morgan fingerprint density at radius 1 is 1.27 bits per heavy atom. The summed E-state index contributed by atoms with van der Waals surface area (Å²) in [6.07, 6.45) is 10.3. The molecule has 2 aromatic rings. The van der Waals surface area contributed by atoms with Crippen molar-refractivity contribution in [2.75, 3.05) is 6.61 Å². The van der Waals surface area contributed by atoms with Crippen LogP contribution in [-0.2, 0) is 19.4 Å². The van der Waals surface area contributed by atoms with Crippen LogP contribution in [0.3, 0.4) is 0 Å². The number of hydrogen-bond acceptors (Lipinski definition) is 3. The standard InChI is InChI=1S/C22H30N2O2/c1-4-5-14-26-21-11-10-20(18-8-6-7-9-19(18)21)22(25)16(2)15-24-13-12-23-17(24)3/h10-13,16H,4-9,14-15H2,1-3H3. The number of ketones is 1. The summed E-state index contributed by atoms with van der Waals surface area (Å²) in [6, 6.07) is 4.01. The van der Waals surface area contributed by atoms with E-state index in [2.05, 4.69) is 16.5 Å². The lowest BCUT2D eigenvalue weighted by Gasteiger charge is -2.23. The van der Waals surface area contributed by atoms with Gasteiger partial charge in [-0.2, -0.15) is 0 Å². The van der Waals surface area contributed by atoms with Crippen molar-refractivity contribution in [3.05, 3.63) is 47.0 Å². The van der Waals surface area contributed by atoms with Crippen LogP contribution in [0.25, 0.3) is 0 Å². The van der Waals surface area contributed by atoms with E-state index in [0.717, 1.165) is 55.8 Å². The molecule has 1 heterocycles. The van der Waals surface area contributed by atoms with Gasteiger partial charge in [-0.25, -0.2) is 4.98 Å². The predicted octanol–water partition coefficient (Wildman–Crippen LogP) is 4.77. The molecule has 0 fully saturated rings. The number of carbonyl (C=O) groups excluding carboxylic acids is 1. The predicted molar refractivity (Wildman–Crippen MR) is 104 cm³/mol. The highest BCUT2D eigenvalue weighted by Crippen LogP contribution is 2.33. The molecular formula is C22H30N2O2. The van der Waals surface area contributed by atoms with Crippen molar-refractivity contribution >= 4 is 5.78 Å². The molecule has 1 unspecified atom stereocenters. The Bertz CT molecular complexity index is 763. The quantitative estimate of drug-likeness (QED) is 0.507. The van der Waals surface area contributed by atoms with Crippen LogP contribution in [0.5, 0.6) is 5.75 Å². The van der Waals surface area contributed by atoms with Crippen molar-refractivity contribution in [3.8, 4) is 5.75 Å². The fraction of sp³-hybridized carbons (Fsp3) is 0.545. The van der Waals surface area contributed by atoms with E-state index in [1.54, 1.807) is 6.20 Å². The van der Waals surface area contributed by atoms with Gasteiger partial charge in [0, 0.05) is 30.4 Å². The lowest BCUT2D eigenvalue weighted by atomic mass is 9.84. The third-order valence-corrected chi connectivity index (χ3v) is 5.35. The average molecular weight is 354 g/mol. The SMILES string of the molecule is CCCCOc1ccc(C(=O)C(C)Cn2ccnc2C)c2c1CCCC2. The minimum Gasteiger partial charge on any atom is -0.493 e. The van der Waals surface area contributed by atoms with Gasteiger partial charge < -0.3 is 9.30 Å². The molecule has 0 saturated heterocycles. The zero-order chi connectivity index (χ0) is 18.5. The molecule has 0 N–H and O–H groups in total. The molecule has 0 amide bonds. The Morgan fingerprint density at radius 2 is 2.04 bits per heavy atom. The highest BCUT2D eigenvalue weighted by molar-refractivity contribution is 5.99. The molecule has 0 spiro atoms. The smallest absolute Gasteiger partial charge is 0.167 e. The highest BCUT2D eigenvalue weighted by Gasteiger charge is 2.24. The number of nitrogens with zero attached hydrogens (tertiary/aromatic N) is 2. The molecule has 1 aromatic carbocycles. The van der Waals surface area contributed by atoms with Crippen LogP contribution in [0, 0.1) is 12.8 Å². The van der Waals surface area contributed by atoms with Crippen LogP contribution < -0.4 is 4.74 Å². The van der Waals surface area contributed by atoms with Crippen LogP contribution >= 0.6 is 0 Å². The van der Waals surface area contributed by atoms with E-state index >= 15 is 0 Å². The number of hydrogen-bond donors (Lipinski definition) is 0. The Kier molecular flexibility index (Phi) is 6.12. The van der Waals surface area contributed by atoms with Gasteiger partial charge in [-0.3, -0.25) is 4.79 Å². The minimum atomic E-state index is -0.0687. The van der Waals surface area contributed by atoms with Gasteiger partial charge in [0.1, 0.15) is 11.6 Å². The topological polar surface area (TPSA) is 44.1 Å². The summed E-state index contributed by atoms with van der Waals surface area (Å²) in [6.45, 7) is 7.59. The summed E-state index contributed by atoms with van der Waals surface area (Å²) >= 11 is 0. The van der Waals surface area contributed by atoms with E-state index in [1.807, 2.05) is 32.2 Å². The highest BCUT2D eigenvalue weighted by atomic mass is 16.5. The van der Waals surface area contributed by atoms with E-state index in [-0.39, 0.29) is 11.7 Å². The van der Waals surface area contributed by atoms with Crippen LogP contribution in [0.2, 0.25) is 0 Å². The van der Waals surface area contributed by atoms with Crippen LogP contribution in [0.15, 0.2) is 24.5 Å². The van der Waals surface area contributed by atoms with Gasteiger partial charge in [-0.15, -0.1) is 0 Å². The van der Waals surface area contributed by atoms with Crippen molar-refractivity contribution in [2.45, 2.75) is 65.8 Å². The molecule has 1 aliphatic carbocycles. The van der Waals surface area contributed by atoms with Crippen molar-refractivity contribution in [1.29, 1.82) is 0 Å². The van der Waals surface area contributed by atoms with E-state index in [0.29, 0.717) is 6.54 Å². The average Bonchev–Trinajstić information content (AvgIpc) is 3.06. The first kappa shape index (κ1) is 18.7. The second-order valence-electron chi connectivity index (χ2n) is 7.37. The number of imidazole rings is 1. The number of Topliss-reactive ketones (excluding diaryl/α,β-unsaturated/α-hetero) is 1. The Labute approximate surface area is 156 Å². The minimum absolute atomic E-state index is 0.0687. The summed E-state index contributed by atoms with van der Waals surface area (Å²) in [4.78, 5) is 17.4. The molecule has 0 radical (unpaired) electrons. The largest absolute Gasteiger partial charge is 0.493 e. The van der Waals surface area contributed by atoms with Crippen LogP contribution in [-0.4, -0.2) is 21.9 Å². The molecule has 4 heteroatoms. The number of rotatable bonds is 8. The fourth-order valence-electron chi connectivity index (χ4n) is 3.77. The molecular weight excluding hydrogens is 324 g/mol. The molecule has 0 bridgehead atoms. The fourth-order valence-corrected chi connectivity index (χ4v) is 3.77. The first-order valence-corrected chi connectivity index (χ1v) is 9.91. The summed E-state index contributed by atoms with van der Waals surface area (Å²) in [5, 5.41) is 0. The Balaban J connectivity index is 1.82. The first-order valence-electron chi connectivity index (χ1n) is 9.91. The maximum absolute atomic E-state index is 13.2. The van der Waals surface area contributed by atoms with Gasteiger partial charge in [0.05, 0.1) is 6.61 Å². The van der Waals surface area contributed by atoms with Crippen molar-refractivity contribution in [1.82, 2.24) is 9.55 Å². The number of fused-ring (bicyclic) bond motifs is 1. The molecule has 140 valence electrons. The zero-order valence-electron chi connectivity index (χ0n) is 16.3. The van der Waals surface area contributed by atoms with Gasteiger partial charge in [0.2, 0.25) is 0 Å². The maximum atomic E-state index is 13.2. The number of carbonyl (C=O) groups is 1. The Morgan fingerprint density at radius 3 is 2.73 bits per heavy atom. The lowest BCUT2D eigenvalue weighted by molar-refractivity contribution is 0.0916. The number of ether oxygens (including phenoxy) is 1. The van der Waals surface area contributed by atoms with Gasteiger partial charge in [0.25, 0.3) is 0 Å². The van der Waals surface area contributed by atoms with E-state index in [4.69, 9.17) is 4.74 Å². The molecule has 1 atom stereocenters. The molecule has 1 aromatic heterocycles. The van der Waals surface area contributed by atoms with Crippen molar-refractivity contribution in [2.24, 2.45) is 5.92 Å². The van der Waals surface area contributed by atoms with Gasteiger partial charge in [-0.05, 0) is 62.3 Å². The summed E-state index contributed by atoms with van der Waals surface area (Å²) < 4.78 is 8.07. The zero-order valence-corrected chi connectivity index (χ0v) is 16.3. The lowest BCUT2D eigenvalue weighted by Crippen LogP contribution is -2.21. The van der Waals surface area contributed by atoms with E-state index < -0.39 is 0 Å².